The third kappa shape index (κ3) is 2.65. The molecule has 0 aliphatic heterocycles. The van der Waals surface area contributed by atoms with Crippen LogP contribution >= 0.6 is 27.5 Å². The Balaban J connectivity index is 1.89. The molecular formula is C16H15BrClNO. The van der Waals surface area contributed by atoms with Gasteiger partial charge in [-0.05, 0) is 54.3 Å². The van der Waals surface area contributed by atoms with Crippen LogP contribution in [0.25, 0.3) is 0 Å². The largest absolute Gasteiger partial charge is 0.497 e. The van der Waals surface area contributed by atoms with Crippen LogP contribution in [0, 0.1) is 0 Å². The zero-order chi connectivity index (χ0) is 14.1. The first-order chi connectivity index (χ1) is 9.67. The lowest BCUT2D eigenvalue weighted by Crippen LogP contribution is -2.07. The van der Waals surface area contributed by atoms with Gasteiger partial charge in [0.05, 0.1) is 23.9 Å². The van der Waals surface area contributed by atoms with E-state index in [0.717, 1.165) is 33.8 Å². The molecule has 3 rings (SSSR count). The Morgan fingerprint density at radius 1 is 1.25 bits per heavy atom. The molecule has 1 aliphatic carbocycles. The lowest BCUT2D eigenvalue weighted by atomic mass is 10.1. The van der Waals surface area contributed by atoms with Crippen molar-refractivity contribution in [3.05, 3.63) is 57.0 Å². The molecule has 1 unspecified atom stereocenters. The molecule has 20 heavy (non-hydrogen) atoms. The maximum Gasteiger partial charge on any atom is 0.119 e. The minimum Gasteiger partial charge on any atom is -0.497 e. The number of nitrogens with one attached hydrogen (secondary N) is 1. The van der Waals surface area contributed by atoms with Crippen molar-refractivity contribution in [3.63, 3.8) is 0 Å². The summed E-state index contributed by atoms with van der Waals surface area (Å²) in [6, 6.07) is 12.4. The molecule has 0 saturated heterocycles. The van der Waals surface area contributed by atoms with Gasteiger partial charge in [-0.1, -0.05) is 33.6 Å². The van der Waals surface area contributed by atoms with E-state index in [1.807, 2.05) is 24.3 Å². The monoisotopic (exact) mass is 351 g/mol. The van der Waals surface area contributed by atoms with Crippen molar-refractivity contribution in [3.8, 4) is 5.75 Å². The number of halogens is 2. The molecule has 2 aromatic rings. The molecule has 0 radical (unpaired) electrons. The van der Waals surface area contributed by atoms with Gasteiger partial charge in [0.15, 0.2) is 0 Å². The van der Waals surface area contributed by atoms with Gasteiger partial charge in [0, 0.05) is 4.47 Å². The minimum atomic E-state index is 0.284. The topological polar surface area (TPSA) is 21.3 Å². The van der Waals surface area contributed by atoms with Gasteiger partial charge >= 0.3 is 0 Å². The summed E-state index contributed by atoms with van der Waals surface area (Å²) in [5.74, 6) is 0.901. The van der Waals surface area contributed by atoms with Crippen LogP contribution in [0.15, 0.2) is 40.9 Å². The molecule has 2 nitrogen and oxygen atoms in total. The fraction of sp³-hybridized carbons (Fsp3) is 0.250. The SMILES string of the molecule is COc1ccc2c(c1)C(Nc1cc(Br)ccc1Cl)CC2. The van der Waals surface area contributed by atoms with E-state index >= 15 is 0 Å². The molecule has 1 atom stereocenters. The first-order valence-corrected chi connectivity index (χ1v) is 7.73. The van der Waals surface area contributed by atoms with Gasteiger partial charge in [-0.3, -0.25) is 0 Å². The zero-order valence-corrected chi connectivity index (χ0v) is 13.5. The molecule has 0 fully saturated rings. The van der Waals surface area contributed by atoms with Crippen molar-refractivity contribution in [2.75, 3.05) is 12.4 Å². The first kappa shape index (κ1) is 13.8. The van der Waals surface area contributed by atoms with Gasteiger partial charge in [0.2, 0.25) is 0 Å². The summed E-state index contributed by atoms with van der Waals surface area (Å²) in [6.45, 7) is 0. The fourth-order valence-corrected chi connectivity index (χ4v) is 3.19. The first-order valence-electron chi connectivity index (χ1n) is 6.56. The highest BCUT2D eigenvalue weighted by Crippen LogP contribution is 2.38. The third-order valence-electron chi connectivity index (χ3n) is 3.69. The van der Waals surface area contributed by atoms with E-state index in [0.29, 0.717) is 0 Å². The van der Waals surface area contributed by atoms with E-state index in [2.05, 4.69) is 33.4 Å². The smallest absolute Gasteiger partial charge is 0.119 e. The van der Waals surface area contributed by atoms with Crippen molar-refractivity contribution < 1.29 is 4.74 Å². The van der Waals surface area contributed by atoms with Gasteiger partial charge < -0.3 is 10.1 Å². The second kappa shape index (κ2) is 5.66. The molecule has 0 heterocycles. The number of rotatable bonds is 3. The van der Waals surface area contributed by atoms with Gasteiger partial charge in [0.1, 0.15) is 5.75 Å². The molecule has 0 aromatic heterocycles. The maximum absolute atomic E-state index is 6.25. The van der Waals surface area contributed by atoms with Gasteiger partial charge in [-0.25, -0.2) is 0 Å². The Morgan fingerprint density at radius 2 is 2.10 bits per heavy atom. The summed E-state index contributed by atoms with van der Waals surface area (Å²) >= 11 is 9.73. The van der Waals surface area contributed by atoms with Crippen molar-refractivity contribution in [2.45, 2.75) is 18.9 Å². The lowest BCUT2D eigenvalue weighted by molar-refractivity contribution is 0.414. The number of aryl methyl sites for hydroxylation is 1. The Hall–Kier alpha value is -1.19. The number of hydrogen-bond donors (Lipinski definition) is 1. The quantitative estimate of drug-likeness (QED) is 0.818. The summed E-state index contributed by atoms with van der Waals surface area (Å²) in [5, 5.41) is 4.28. The average Bonchev–Trinajstić information content (AvgIpc) is 2.85. The van der Waals surface area contributed by atoms with Crippen LogP contribution in [-0.2, 0) is 6.42 Å². The van der Waals surface area contributed by atoms with Gasteiger partial charge in [0.25, 0.3) is 0 Å². The van der Waals surface area contributed by atoms with Crippen LogP contribution in [0.1, 0.15) is 23.6 Å². The van der Waals surface area contributed by atoms with Crippen LogP contribution in [-0.4, -0.2) is 7.11 Å². The number of fused-ring (bicyclic) bond motifs is 1. The summed E-state index contributed by atoms with van der Waals surface area (Å²) in [7, 11) is 1.70. The molecule has 0 spiro atoms. The van der Waals surface area contributed by atoms with Gasteiger partial charge in [-0.2, -0.15) is 0 Å². The van der Waals surface area contributed by atoms with Crippen LogP contribution < -0.4 is 10.1 Å². The number of benzene rings is 2. The average molecular weight is 353 g/mol. The molecule has 2 aromatic carbocycles. The van der Waals surface area contributed by atoms with E-state index in [4.69, 9.17) is 16.3 Å². The maximum atomic E-state index is 6.25. The molecular weight excluding hydrogens is 338 g/mol. The molecule has 0 amide bonds. The van der Waals surface area contributed by atoms with Crippen LogP contribution in [0.3, 0.4) is 0 Å². The van der Waals surface area contributed by atoms with Crippen LogP contribution in [0.4, 0.5) is 5.69 Å². The van der Waals surface area contributed by atoms with Crippen molar-refractivity contribution >= 4 is 33.2 Å². The minimum absolute atomic E-state index is 0.284. The third-order valence-corrected chi connectivity index (χ3v) is 4.51. The normalized spacial score (nSPS) is 16.9. The molecule has 0 bridgehead atoms. The zero-order valence-electron chi connectivity index (χ0n) is 11.1. The highest BCUT2D eigenvalue weighted by molar-refractivity contribution is 9.10. The van der Waals surface area contributed by atoms with Crippen LogP contribution in [0.5, 0.6) is 5.75 Å². The van der Waals surface area contributed by atoms with E-state index in [-0.39, 0.29) is 6.04 Å². The number of methoxy groups -OCH3 is 1. The predicted molar refractivity (Wildman–Crippen MR) is 86.8 cm³/mol. The van der Waals surface area contributed by atoms with E-state index in [1.165, 1.54) is 11.1 Å². The lowest BCUT2D eigenvalue weighted by Gasteiger charge is -2.17. The molecule has 0 saturated carbocycles. The molecule has 4 heteroatoms. The molecule has 104 valence electrons. The Kier molecular flexibility index (Phi) is 3.90. The van der Waals surface area contributed by atoms with E-state index in [1.54, 1.807) is 7.11 Å². The highest BCUT2D eigenvalue weighted by atomic mass is 79.9. The molecule has 1 N–H and O–H groups in total. The van der Waals surface area contributed by atoms with E-state index < -0.39 is 0 Å². The second-order valence-electron chi connectivity index (χ2n) is 4.92. The Morgan fingerprint density at radius 3 is 2.90 bits per heavy atom. The summed E-state index contributed by atoms with van der Waals surface area (Å²) in [6.07, 6.45) is 2.16. The van der Waals surface area contributed by atoms with Crippen LogP contribution in [0.2, 0.25) is 5.02 Å². The summed E-state index contributed by atoms with van der Waals surface area (Å²) in [4.78, 5) is 0. The van der Waals surface area contributed by atoms with Crippen molar-refractivity contribution in [2.24, 2.45) is 0 Å². The Labute approximate surface area is 132 Å². The predicted octanol–water partition coefficient (Wildman–Crippen LogP) is 5.21. The van der Waals surface area contributed by atoms with Crippen molar-refractivity contribution in [1.29, 1.82) is 0 Å². The molecule has 1 aliphatic rings. The highest BCUT2D eigenvalue weighted by Gasteiger charge is 2.23. The van der Waals surface area contributed by atoms with Crippen molar-refractivity contribution in [1.82, 2.24) is 0 Å². The number of hydrogen-bond acceptors (Lipinski definition) is 2. The fourth-order valence-electron chi connectivity index (χ4n) is 2.65. The Bertz CT molecular complexity index is 644. The van der Waals surface area contributed by atoms with Gasteiger partial charge in [-0.15, -0.1) is 0 Å². The standard InChI is InChI=1S/C16H15BrClNO/c1-20-12-5-2-10-3-7-15(13(10)9-12)19-16-8-11(17)4-6-14(16)18/h2,4-6,8-9,15,19H,3,7H2,1H3. The second-order valence-corrected chi connectivity index (χ2v) is 6.25. The summed E-state index contributed by atoms with van der Waals surface area (Å²) in [5.41, 5.74) is 3.65. The number of anilines is 1. The summed E-state index contributed by atoms with van der Waals surface area (Å²) < 4.78 is 6.34. The number of ether oxygens (including phenoxy) is 1. The van der Waals surface area contributed by atoms with E-state index in [9.17, 15) is 0 Å².